The smallest absolute Gasteiger partial charge is 0.267 e. The van der Waals surface area contributed by atoms with Crippen molar-refractivity contribution in [1.82, 2.24) is 14.6 Å². The van der Waals surface area contributed by atoms with Crippen molar-refractivity contribution in [3.05, 3.63) is 67.3 Å². The van der Waals surface area contributed by atoms with E-state index in [0.29, 0.717) is 20.3 Å². The lowest BCUT2D eigenvalue weighted by Gasteiger charge is -1.91. The van der Waals surface area contributed by atoms with Crippen LogP contribution in [0.15, 0.2) is 46.6 Å². The molecule has 3 aromatic heterocycles. The van der Waals surface area contributed by atoms with Gasteiger partial charge in [-0.2, -0.15) is 0 Å². The van der Waals surface area contributed by atoms with E-state index < -0.39 is 0 Å². The molecule has 7 heteroatoms. The second-order valence-corrected chi connectivity index (χ2v) is 6.98. The minimum Gasteiger partial charge on any atom is -0.267 e. The van der Waals surface area contributed by atoms with Gasteiger partial charge >= 0.3 is 0 Å². The Labute approximate surface area is 137 Å². The highest BCUT2D eigenvalue weighted by molar-refractivity contribution is 7.15. The third kappa shape index (κ3) is 2.25. The molecule has 0 bridgehead atoms. The molecule has 0 fully saturated rings. The molecule has 0 saturated heterocycles. The fourth-order valence-electron chi connectivity index (χ4n) is 2.14. The summed E-state index contributed by atoms with van der Waals surface area (Å²) >= 11 is 8.75. The minimum absolute atomic E-state index is 0.0941. The molecule has 3 heterocycles. The SMILES string of the molecule is O=c1c(=Cc2ccc(Cl)cc2)sc2nnc(-c3cccs3)n12. The van der Waals surface area contributed by atoms with Crippen molar-refractivity contribution >= 4 is 45.3 Å². The Bertz CT molecular complexity index is 1050. The molecule has 0 amide bonds. The van der Waals surface area contributed by atoms with E-state index in [4.69, 9.17) is 11.6 Å². The van der Waals surface area contributed by atoms with Gasteiger partial charge in [-0.05, 0) is 35.2 Å². The van der Waals surface area contributed by atoms with E-state index >= 15 is 0 Å². The first-order valence-electron chi connectivity index (χ1n) is 6.41. The number of benzene rings is 1. The third-order valence-electron chi connectivity index (χ3n) is 3.16. The van der Waals surface area contributed by atoms with Crippen molar-refractivity contribution < 1.29 is 0 Å². The van der Waals surface area contributed by atoms with Crippen LogP contribution in [0.3, 0.4) is 0 Å². The maximum atomic E-state index is 12.6. The molecule has 4 nitrogen and oxygen atoms in total. The zero-order chi connectivity index (χ0) is 15.1. The number of thiophene rings is 1. The normalized spacial score (nSPS) is 12.3. The van der Waals surface area contributed by atoms with Crippen LogP contribution in [-0.2, 0) is 0 Å². The van der Waals surface area contributed by atoms with E-state index in [9.17, 15) is 4.79 Å². The zero-order valence-electron chi connectivity index (χ0n) is 11.1. The molecule has 0 saturated carbocycles. The summed E-state index contributed by atoms with van der Waals surface area (Å²) in [5, 5.41) is 10.9. The number of rotatable bonds is 2. The second kappa shape index (κ2) is 5.31. The summed E-state index contributed by atoms with van der Waals surface area (Å²) in [6, 6.07) is 11.2. The summed E-state index contributed by atoms with van der Waals surface area (Å²) in [5.74, 6) is 0.599. The van der Waals surface area contributed by atoms with Crippen LogP contribution in [0.25, 0.3) is 21.7 Å². The van der Waals surface area contributed by atoms with Gasteiger partial charge in [0.05, 0.1) is 9.41 Å². The van der Waals surface area contributed by atoms with Crippen molar-refractivity contribution in [2.75, 3.05) is 0 Å². The molecular weight excluding hydrogens is 338 g/mol. The first-order valence-corrected chi connectivity index (χ1v) is 8.49. The van der Waals surface area contributed by atoms with Gasteiger partial charge in [0.25, 0.3) is 5.56 Å². The lowest BCUT2D eigenvalue weighted by molar-refractivity contribution is 1.10. The van der Waals surface area contributed by atoms with Crippen LogP contribution in [0, 0.1) is 0 Å². The molecule has 4 rings (SSSR count). The van der Waals surface area contributed by atoms with Gasteiger partial charge in [0.2, 0.25) is 4.96 Å². The predicted molar refractivity (Wildman–Crippen MR) is 90.7 cm³/mol. The van der Waals surface area contributed by atoms with Crippen molar-refractivity contribution in [3.63, 3.8) is 0 Å². The largest absolute Gasteiger partial charge is 0.276 e. The summed E-state index contributed by atoms with van der Waals surface area (Å²) in [4.78, 5) is 14.2. The summed E-state index contributed by atoms with van der Waals surface area (Å²) in [6.07, 6.45) is 1.84. The Morgan fingerprint density at radius 3 is 2.68 bits per heavy atom. The summed E-state index contributed by atoms with van der Waals surface area (Å²) in [6.45, 7) is 0. The number of fused-ring (bicyclic) bond motifs is 1. The van der Waals surface area contributed by atoms with Gasteiger partial charge in [-0.25, -0.2) is 4.40 Å². The average Bonchev–Trinajstić information content (AvgIpc) is 3.21. The predicted octanol–water partition coefficient (Wildman–Crippen LogP) is 3.08. The quantitative estimate of drug-likeness (QED) is 0.561. The lowest BCUT2D eigenvalue weighted by atomic mass is 10.2. The molecule has 22 heavy (non-hydrogen) atoms. The molecule has 0 N–H and O–H groups in total. The van der Waals surface area contributed by atoms with Gasteiger partial charge in [0.1, 0.15) is 0 Å². The van der Waals surface area contributed by atoms with E-state index in [0.717, 1.165) is 10.4 Å². The van der Waals surface area contributed by atoms with Gasteiger partial charge in [-0.15, -0.1) is 21.5 Å². The first kappa shape index (κ1) is 13.6. The highest BCUT2D eigenvalue weighted by atomic mass is 35.5. The number of hydrogen-bond donors (Lipinski definition) is 0. The molecular formula is C15H8ClN3OS2. The fourth-order valence-corrected chi connectivity index (χ4v) is 3.88. The summed E-state index contributed by atoms with van der Waals surface area (Å²) in [5.41, 5.74) is 0.833. The van der Waals surface area contributed by atoms with Crippen LogP contribution in [0.4, 0.5) is 0 Å². The topological polar surface area (TPSA) is 47.3 Å². The molecule has 0 atom stereocenters. The second-order valence-electron chi connectivity index (χ2n) is 4.59. The standard InChI is InChI=1S/C15H8ClN3OS2/c16-10-5-3-9(4-6-10)8-12-14(20)19-13(11-2-1-7-21-11)17-18-15(19)22-12/h1-8H. The van der Waals surface area contributed by atoms with Gasteiger partial charge in [0, 0.05) is 5.02 Å². The summed E-state index contributed by atoms with van der Waals surface area (Å²) < 4.78 is 2.20. The Hall–Kier alpha value is -2.02. The van der Waals surface area contributed by atoms with Crippen molar-refractivity contribution in [1.29, 1.82) is 0 Å². The molecule has 0 spiro atoms. The Balaban J connectivity index is 1.92. The van der Waals surface area contributed by atoms with Crippen LogP contribution in [0.5, 0.6) is 0 Å². The highest BCUT2D eigenvalue weighted by Crippen LogP contribution is 2.22. The maximum Gasteiger partial charge on any atom is 0.276 e. The van der Waals surface area contributed by atoms with Crippen molar-refractivity contribution in [2.24, 2.45) is 0 Å². The van der Waals surface area contributed by atoms with Gasteiger partial charge in [-0.3, -0.25) is 4.79 Å². The molecule has 0 aliphatic carbocycles. The van der Waals surface area contributed by atoms with Crippen LogP contribution in [0.2, 0.25) is 5.02 Å². The van der Waals surface area contributed by atoms with Gasteiger partial charge in [0.15, 0.2) is 5.82 Å². The van der Waals surface area contributed by atoms with Crippen LogP contribution in [0.1, 0.15) is 5.56 Å². The third-order valence-corrected chi connectivity index (χ3v) is 5.23. The molecule has 0 aliphatic rings. The van der Waals surface area contributed by atoms with Crippen LogP contribution < -0.4 is 10.1 Å². The molecule has 0 aliphatic heterocycles. The number of halogens is 1. The van der Waals surface area contributed by atoms with Crippen LogP contribution >= 0.6 is 34.3 Å². The van der Waals surface area contributed by atoms with E-state index in [1.54, 1.807) is 16.5 Å². The minimum atomic E-state index is -0.0941. The molecule has 0 radical (unpaired) electrons. The van der Waals surface area contributed by atoms with Crippen molar-refractivity contribution in [3.8, 4) is 10.7 Å². The molecule has 108 valence electrons. The van der Waals surface area contributed by atoms with E-state index in [1.807, 2.05) is 35.7 Å². The zero-order valence-corrected chi connectivity index (χ0v) is 13.5. The number of nitrogens with zero attached hydrogens (tertiary/aromatic N) is 3. The number of thiazole rings is 1. The first-order chi connectivity index (χ1) is 10.7. The van der Waals surface area contributed by atoms with Gasteiger partial charge < -0.3 is 0 Å². The fraction of sp³-hybridized carbons (Fsp3) is 0. The number of hydrogen-bond acceptors (Lipinski definition) is 5. The molecule has 1 aromatic carbocycles. The summed E-state index contributed by atoms with van der Waals surface area (Å²) in [7, 11) is 0. The Morgan fingerprint density at radius 2 is 1.95 bits per heavy atom. The molecule has 0 unspecified atom stereocenters. The van der Waals surface area contributed by atoms with E-state index in [-0.39, 0.29) is 5.56 Å². The Kier molecular flexibility index (Phi) is 3.29. The lowest BCUT2D eigenvalue weighted by Crippen LogP contribution is -2.23. The number of aromatic nitrogens is 3. The van der Waals surface area contributed by atoms with E-state index in [1.165, 1.54) is 22.7 Å². The van der Waals surface area contributed by atoms with Gasteiger partial charge in [-0.1, -0.05) is 41.1 Å². The highest BCUT2D eigenvalue weighted by Gasteiger charge is 2.14. The maximum absolute atomic E-state index is 12.6. The molecule has 4 aromatic rings. The average molecular weight is 346 g/mol. The van der Waals surface area contributed by atoms with Crippen LogP contribution in [-0.4, -0.2) is 14.6 Å². The van der Waals surface area contributed by atoms with E-state index in [2.05, 4.69) is 10.2 Å². The monoisotopic (exact) mass is 345 g/mol. The Morgan fingerprint density at radius 1 is 1.14 bits per heavy atom. The van der Waals surface area contributed by atoms with Crippen molar-refractivity contribution in [2.45, 2.75) is 0 Å².